The molecule has 0 aromatic heterocycles. The highest BCUT2D eigenvalue weighted by atomic mass is 16.5. The molecule has 0 aliphatic rings. The maximum Gasteiger partial charge on any atom is 0.240 e. The second-order valence-electron chi connectivity index (χ2n) is 5.43. The topological polar surface area (TPSA) is 61.9 Å². The lowest BCUT2D eigenvalue weighted by Crippen LogP contribution is -2.41. The predicted octanol–water partition coefficient (Wildman–Crippen LogP) is 1.03. The predicted molar refractivity (Wildman–Crippen MR) is 87.3 cm³/mol. The normalized spacial score (nSPS) is 10.5. The van der Waals surface area contributed by atoms with Crippen molar-refractivity contribution in [1.29, 1.82) is 0 Å². The average molecular weight is 307 g/mol. The number of hydrogen-bond acceptors (Lipinski definition) is 4. The number of anilines is 1. The van der Waals surface area contributed by atoms with Crippen molar-refractivity contribution >= 4 is 17.5 Å². The van der Waals surface area contributed by atoms with Gasteiger partial charge in [-0.3, -0.25) is 14.5 Å². The summed E-state index contributed by atoms with van der Waals surface area (Å²) < 4.78 is 5.29. The van der Waals surface area contributed by atoms with Crippen LogP contribution < -0.4 is 15.0 Å². The molecule has 1 rings (SSSR count). The fraction of sp³-hybridized carbons (Fsp3) is 0.500. The molecule has 0 saturated carbocycles. The highest BCUT2D eigenvalue weighted by molar-refractivity contribution is 5.98. The molecule has 6 heteroatoms. The minimum absolute atomic E-state index is 0.0252. The molecule has 1 aromatic carbocycles. The molecule has 0 atom stereocenters. The fourth-order valence-electron chi connectivity index (χ4n) is 2.00. The van der Waals surface area contributed by atoms with E-state index < -0.39 is 0 Å². The maximum absolute atomic E-state index is 12.0. The van der Waals surface area contributed by atoms with Gasteiger partial charge in [0.1, 0.15) is 12.3 Å². The highest BCUT2D eigenvalue weighted by Gasteiger charge is 2.19. The number of carbonyl (C=O) groups excluding carboxylic acids is 2. The van der Waals surface area contributed by atoms with E-state index in [1.165, 1.54) is 11.8 Å². The van der Waals surface area contributed by atoms with Crippen LogP contribution in [-0.4, -0.2) is 57.6 Å². The van der Waals surface area contributed by atoms with Gasteiger partial charge in [0, 0.05) is 20.0 Å². The Labute approximate surface area is 132 Å². The SMILES string of the molecule is COc1ccc(C)cc1N(CC(=O)NCCN(C)C)C(C)=O. The molecule has 0 fully saturated rings. The van der Waals surface area contributed by atoms with Gasteiger partial charge < -0.3 is 15.0 Å². The minimum atomic E-state index is -0.202. The van der Waals surface area contributed by atoms with Crippen LogP contribution in [0.25, 0.3) is 0 Å². The molecule has 0 bridgehead atoms. The van der Waals surface area contributed by atoms with Crippen LogP contribution >= 0.6 is 0 Å². The molecule has 0 radical (unpaired) electrons. The number of nitrogens with zero attached hydrogens (tertiary/aromatic N) is 2. The van der Waals surface area contributed by atoms with E-state index in [0.717, 1.165) is 12.1 Å². The lowest BCUT2D eigenvalue weighted by molar-refractivity contribution is -0.123. The van der Waals surface area contributed by atoms with E-state index in [2.05, 4.69) is 5.32 Å². The highest BCUT2D eigenvalue weighted by Crippen LogP contribution is 2.29. The zero-order valence-electron chi connectivity index (χ0n) is 14.0. The van der Waals surface area contributed by atoms with E-state index in [4.69, 9.17) is 4.74 Å². The molecule has 0 spiro atoms. The van der Waals surface area contributed by atoms with Crippen molar-refractivity contribution < 1.29 is 14.3 Å². The average Bonchev–Trinajstić information content (AvgIpc) is 2.44. The first-order valence-corrected chi connectivity index (χ1v) is 7.19. The molecule has 2 amide bonds. The number of benzene rings is 1. The van der Waals surface area contributed by atoms with E-state index in [0.29, 0.717) is 18.0 Å². The van der Waals surface area contributed by atoms with Gasteiger partial charge in [-0.15, -0.1) is 0 Å². The van der Waals surface area contributed by atoms with E-state index in [-0.39, 0.29) is 18.4 Å². The first kappa shape index (κ1) is 18.0. The summed E-state index contributed by atoms with van der Waals surface area (Å²) in [6.07, 6.45) is 0. The largest absolute Gasteiger partial charge is 0.495 e. The molecule has 0 unspecified atom stereocenters. The van der Waals surface area contributed by atoms with E-state index in [9.17, 15) is 9.59 Å². The van der Waals surface area contributed by atoms with Gasteiger partial charge in [-0.2, -0.15) is 0 Å². The van der Waals surface area contributed by atoms with Gasteiger partial charge in [0.2, 0.25) is 11.8 Å². The van der Waals surface area contributed by atoms with Crippen molar-refractivity contribution in [1.82, 2.24) is 10.2 Å². The standard InChI is InChI=1S/C16H25N3O3/c1-12-6-7-15(22-5)14(10-12)19(13(2)20)11-16(21)17-8-9-18(3)4/h6-7,10H,8-9,11H2,1-5H3,(H,17,21). The maximum atomic E-state index is 12.0. The van der Waals surface area contributed by atoms with Gasteiger partial charge in [-0.05, 0) is 38.7 Å². The van der Waals surface area contributed by atoms with E-state index in [1.807, 2.05) is 38.1 Å². The van der Waals surface area contributed by atoms with Crippen molar-refractivity contribution in [3.63, 3.8) is 0 Å². The summed E-state index contributed by atoms with van der Waals surface area (Å²) in [6, 6.07) is 5.54. The fourth-order valence-corrected chi connectivity index (χ4v) is 2.00. The first-order chi connectivity index (χ1) is 10.3. The summed E-state index contributed by atoms with van der Waals surface area (Å²) in [5, 5.41) is 2.81. The zero-order chi connectivity index (χ0) is 16.7. The Bertz CT molecular complexity index is 529. The van der Waals surface area contributed by atoms with E-state index in [1.54, 1.807) is 13.2 Å². The van der Waals surface area contributed by atoms with Crippen LogP contribution in [0.5, 0.6) is 5.75 Å². The number of aryl methyl sites for hydroxylation is 1. The summed E-state index contributed by atoms with van der Waals surface area (Å²) in [5.74, 6) is 0.175. The van der Waals surface area contributed by atoms with Gasteiger partial charge in [0.25, 0.3) is 0 Å². The van der Waals surface area contributed by atoms with Crippen LogP contribution in [-0.2, 0) is 9.59 Å². The Hall–Kier alpha value is -2.08. The van der Waals surface area contributed by atoms with Crippen molar-refractivity contribution in [2.24, 2.45) is 0 Å². The van der Waals surface area contributed by atoms with Crippen LogP contribution in [0, 0.1) is 6.92 Å². The molecular weight excluding hydrogens is 282 g/mol. The molecule has 22 heavy (non-hydrogen) atoms. The number of likely N-dealkylation sites (N-methyl/N-ethyl adjacent to an activating group) is 1. The third-order valence-electron chi connectivity index (χ3n) is 3.19. The van der Waals surface area contributed by atoms with Gasteiger partial charge in [0.05, 0.1) is 12.8 Å². The molecule has 1 aromatic rings. The molecule has 0 saturated heterocycles. The Morgan fingerprint density at radius 2 is 1.95 bits per heavy atom. The summed E-state index contributed by atoms with van der Waals surface area (Å²) in [4.78, 5) is 27.4. The van der Waals surface area contributed by atoms with Crippen molar-refractivity contribution in [2.45, 2.75) is 13.8 Å². The number of rotatable bonds is 7. The van der Waals surface area contributed by atoms with Crippen molar-refractivity contribution in [3.05, 3.63) is 23.8 Å². The van der Waals surface area contributed by atoms with E-state index >= 15 is 0 Å². The Kier molecular flexibility index (Phi) is 6.85. The summed E-state index contributed by atoms with van der Waals surface area (Å²) >= 11 is 0. The van der Waals surface area contributed by atoms with Crippen LogP contribution in [0.1, 0.15) is 12.5 Å². The quantitative estimate of drug-likeness (QED) is 0.817. The number of ether oxygens (including phenoxy) is 1. The number of hydrogen-bond donors (Lipinski definition) is 1. The lowest BCUT2D eigenvalue weighted by Gasteiger charge is -2.23. The monoisotopic (exact) mass is 307 g/mol. The molecule has 6 nitrogen and oxygen atoms in total. The van der Waals surface area contributed by atoms with Gasteiger partial charge in [-0.25, -0.2) is 0 Å². The second-order valence-corrected chi connectivity index (χ2v) is 5.43. The molecule has 0 aliphatic carbocycles. The molecule has 0 heterocycles. The molecular formula is C16H25N3O3. The van der Waals surface area contributed by atoms with Crippen molar-refractivity contribution in [3.8, 4) is 5.75 Å². The zero-order valence-corrected chi connectivity index (χ0v) is 14.0. The summed E-state index contributed by atoms with van der Waals surface area (Å²) in [5.41, 5.74) is 1.60. The Morgan fingerprint density at radius 3 is 2.50 bits per heavy atom. The third kappa shape index (κ3) is 5.37. The minimum Gasteiger partial charge on any atom is -0.495 e. The summed E-state index contributed by atoms with van der Waals surface area (Å²) in [7, 11) is 5.42. The van der Waals surface area contributed by atoms with Crippen LogP contribution in [0.4, 0.5) is 5.69 Å². The van der Waals surface area contributed by atoms with Gasteiger partial charge >= 0.3 is 0 Å². The number of amides is 2. The molecule has 0 aliphatic heterocycles. The van der Waals surface area contributed by atoms with Gasteiger partial charge in [0.15, 0.2) is 0 Å². The lowest BCUT2D eigenvalue weighted by atomic mass is 10.2. The van der Waals surface area contributed by atoms with Crippen molar-refractivity contribution in [2.75, 3.05) is 45.7 Å². The smallest absolute Gasteiger partial charge is 0.240 e. The van der Waals surface area contributed by atoms with Crippen LogP contribution in [0.2, 0.25) is 0 Å². The molecule has 122 valence electrons. The number of nitrogens with one attached hydrogen (secondary N) is 1. The second kappa shape index (κ2) is 8.38. The van der Waals surface area contributed by atoms with Gasteiger partial charge in [-0.1, -0.05) is 6.07 Å². The Morgan fingerprint density at radius 1 is 1.27 bits per heavy atom. The van der Waals surface area contributed by atoms with Crippen LogP contribution in [0.15, 0.2) is 18.2 Å². The first-order valence-electron chi connectivity index (χ1n) is 7.19. The third-order valence-corrected chi connectivity index (χ3v) is 3.19. The number of carbonyl (C=O) groups is 2. The summed E-state index contributed by atoms with van der Waals surface area (Å²) in [6.45, 7) is 4.64. The molecule has 1 N–H and O–H groups in total. The number of methoxy groups -OCH3 is 1. The van der Waals surface area contributed by atoms with Crippen LogP contribution in [0.3, 0.4) is 0 Å². The Balaban J connectivity index is 2.84.